The molecule has 19 heavy (non-hydrogen) atoms. The molecular formula is C17H23NO. The number of benzene rings is 1. The first-order valence-electron chi connectivity index (χ1n) is 7.29. The summed E-state index contributed by atoms with van der Waals surface area (Å²) in [6.07, 6.45) is 3.72. The second-order valence-electron chi connectivity index (χ2n) is 6.26. The normalized spacial score (nSPS) is 26.2. The van der Waals surface area contributed by atoms with Gasteiger partial charge in [0.05, 0.1) is 6.61 Å². The van der Waals surface area contributed by atoms with E-state index < -0.39 is 0 Å². The molecule has 0 spiro atoms. The second-order valence-corrected chi connectivity index (χ2v) is 6.26. The molecule has 2 nitrogen and oxygen atoms in total. The van der Waals surface area contributed by atoms with Crippen LogP contribution in [-0.2, 0) is 5.41 Å². The Balaban J connectivity index is 1.67. The molecule has 0 aliphatic carbocycles. The summed E-state index contributed by atoms with van der Waals surface area (Å²) in [4.78, 5) is 2.52. The summed E-state index contributed by atoms with van der Waals surface area (Å²) in [7, 11) is 0. The lowest BCUT2D eigenvalue weighted by atomic mass is 9.79. The van der Waals surface area contributed by atoms with E-state index in [0.717, 1.165) is 25.3 Å². The Bertz CT molecular complexity index is 476. The van der Waals surface area contributed by atoms with Crippen LogP contribution in [0.15, 0.2) is 36.4 Å². The van der Waals surface area contributed by atoms with Crippen molar-refractivity contribution < 1.29 is 4.74 Å². The van der Waals surface area contributed by atoms with Crippen LogP contribution in [0, 0.1) is 0 Å². The van der Waals surface area contributed by atoms with Gasteiger partial charge in [0.25, 0.3) is 0 Å². The molecule has 2 aliphatic heterocycles. The molecule has 0 bridgehead atoms. The zero-order chi connectivity index (χ0) is 13.3. The number of hydrogen-bond acceptors (Lipinski definition) is 2. The van der Waals surface area contributed by atoms with Gasteiger partial charge in [-0.2, -0.15) is 0 Å². The molecule has 0 amide bonds. The largest absolute Gasteiger partial charge is 0.492 e. The van der Waals surface area contributed by atoms with Gasteiger partial charge in [-0.1, -0.05) is 37.3 Å². The average molecular weight is 257 g/mol. The van der Waals surface area contributed by atoms with E-state index in [-0.39, 0.29) is 5.41 Å². The van der Waals surface area contributed by atoms with E-state index in [2.05, 4.69) is 36.6 Å². The van der Waals surface area contributed by atoms with E-state index in [0.29, 0.717) is 0 Å². The Kier molecular flexibility index (Phi) is 3.36. The van der Waals surface area contributed by atoms with Gasteiger partial charge in [0, 0.05) is 17.5 Å². The summed E-state index contributed by atoms with van der Waals surface area (Å²) in [5, 5.41) is 0. The van der Waals surface area contributed by atoms with Gasteiger partial charge in [0.1, 0.15) is 5.75 Å². The molecule has 1 unspecified atom stereocenters. The highest BCUT2D eigenvalue weighted by Gasteiger charge is 2.36. The molecule has 1 aromatic carbocycles. The van der Waals surface area contributed by atoms with E-state index in [9.17, 15) is 0 Å². The van der Waals surface area contributed by atoms with Crippen LogP contribution in [0.2, 0.25) is 0 Å². The standard InChI is InChI=1S/C17H23NO/c1-14(12-18-9-5-6-10-18)11-17(2)13-19-16-8-4-3-7-15(16)17/h3-4,7-8H,1,5-6,9-13H2,2H3. The predicted molar refractivity (Wildman–Crippen MR) is 78.7 cm³/mol. The Morgan fingerprint density at radius 2 is 2.05 bits per heavy atom. The van der Waals surface area contributed by atoms with Crippen LogP contribution in [0.4, 0.5) is 0 Å². The summed E-state index contributed by atoms with van der Waals surface area (Å²) in [6, 6.07) is 8.42. The van der Waals surface area contributed by atoms with Gasteiger partial charge < -0.3 is 4.74 Å². The van der Waals surface area contributed by atoms with Crippen LogP contribution in [0.25, 0.3) is 0 Å². The third-order valence-corrected chi connectivity index (χ3v) is 4.37. The number of hydrogen-bond donors (Lipinski definition) is 0. The molecule has 0 radical (unpaired) electrons. The maximum Gasteiger partial charge on any atom is 0.123 e. The molecular weight excluding hydrogens is 234 g/mol. The van der Waals surface area contributed by atoms with Crippen LogP contribution in [0.1, 0.15) is 31.7 Å². The molecule has 0 aromatic heterocycles. The number of nitrogens with zero attached hydrogens (tertiary/aromatic N) is 1. The number of fused-ring (bicyclic) bond motifs is 1. The Morgan fingerprint density at radius 3 is 2.84 bits per heavy atom. The number of para-hydroxylation sites is 1. The van der Waals surface area contributed by atoms with Crippen molar-refractivity contribution in [3.8, 4) is 5.75 Å². The lowest BCUT2D eigenvalue weighted by molar-refractivity contribution is 0.271. The maximum atomic E-state index is 5.83. The van der Waals surface area contributed by atoms with Gasteiger partial charge in [-0.05, 0) is 38.4 Å². The van der Waals surface area contributed by atoms with E-state index in [1.54, 1.807) is 0 Å². The monoisotopic (exact) mass is 257 g/mol. The van der Waals surface area contributed by atoms with Crippen LogP contribution in [0.5, 0.6) is 5.75 Å². The fraction of sp³-hybridized carbons (Fsp3) is 0.529. The Labute approximate surface area is 116 Å². The van der Waals surface area contributed by atoms with Gasteiger partial charge in [-0.3, -0.25) is 4.90 Å². The summed E-state index contributed by atoms with van der Waals surface area (Å²) in [5.41, 5.74) is 2.79. The van der Waals surface area contributed by atoms with Crippen molar-refractivity contribution >= 4 is 0 Å². The fourth-order valence-corrected chi connectivity index (χ4v) is 3.42. The first-order chi connectivity index (χ1) is 9.17. The molecule has 3 rings (SSSR count). The van der Waals surface area contributed by atoms with Gasteiger partial charge in [-0.15, -0.1) is 0 Å². The molecule has 1 aromatic rings. The highest BCUT2D eigenvalue weighted by Crippen LogP contribution is 2.42. The van der Waals surface area contributed by atoms with Crippen molar-refractivity contribution in [2.75, 3.05) is 26.2 Å². The minimum atomic E-state index is 0.105. The zero-order valence-electron chi connectivity index (χ0n) is 11.8. The van der Waals surface area contributed by atoms with Gasteiger partial charge >= 0.3 is 0 Å². The fourth-order valence-electron chi connectivity index (χ4n) is 3.42. The van der Waals surface area contributed by atoms with Gasteiger partial charge in [0.2, 0.25) is 0 Å². The zero-order valence-corrected chi connectivity index (χ0v) is 11.8. The highest BCUT2D eigenvalue weighted by atomic mass is 16.5. The minimum absolute atomic E-state index is 0.105. The second kappa shape index (κ2) is 5.01. The first kappa shape index (κ1) is 12.7. The summed E-state index contributed by atoms with van der Waals surface area (Å²) in [6.45, 7) is 10.9. The molecule has 2 heteroatoms. The number of rotatable bonds is 4. The van der Waals surface area contributed by atoms with Gasteiger partial charge in [-0.25, -0.2) is 0 Å². The van der Waals surface area contributed by atoms with Gasteiger partial charge in [0.15, 0.2) is 0 Å². The highest BCUT2D eigenvalue weighted by molar-refractivity contribution is 5.43. The van der Waals surface area contributed by atoms with E-state index in [1.165, 1.54) is 37.1 Å². The van der Waals surface area contributed by atoms with Crippen molar-refractivity contribution in [1.82, 2.24) is 4.90 Å². The molecule has 102 valence electrons. The van der Waals surface area contributed by atoms with Crippen LogP contribution in [0.3, 0.4) is 0 Å². The molecule has 2 aliphatic rings. The van der Waals surface area contributed by atoms with E-state index in [1.807, 2.05) is 6.07 Å². The predicted octanol–water partition coefficient (Wildman–Crippen LogP) is 3.38. The van der Waals surface area contributed by atoms with Crippen molar-refractivity contribution in [1.29, 1.82) is 0 Å². The third-order valence-electron chi connectivity index (χ3n) is 4.37. The molecule has 2 heterocycles. The van der Waals surface area contributed by atoms with Crippen molar-refractivity contribution in [2.45, 2.75) is 31.6 Å². The quantitative estimate of drug-likeness (QED) is 0.767. The van der Waals surface area contributed by atoms with Crippen LogP contribution >= 0.6 is 0 Å². The van der Waals surface area contributed by atoms with Crippen molar-refractivity contribution in [2.24, 2.45) is 0 Å². The average Bonchev–Trinajstić information content (AvgIpc) is 2.99. The smallest absolute Gasteiger partial charge is 0.123 e. The SMILES string of the molecule is C=C(CN1CCCC1)CC1(C)COc2ccccc21. The molecule has 1 fully saturated rings. The van der Waals surface area contributed by atoms with E-state index >= 15 is 0 Å². The van der Waals surface area contributed by atoms with E-state index in [4.69, 9.17) is 4.74 Å². The Hall–Kier alpha value is -1.28. The lowest BCUT2D eigenvalue weighted by Gasteiger charge is -2.26. The first-order valence-corrected chi connectivity index (χ1v) is 7.29. The topological polar surface area (TPSA) is 12.5 Å². The maximum absolute atomic E-state index is 5.83. The summed E-state index contributed by atoms with van der Waals surface area (Å²) in [5.74, 6) is 1.05. The third kappa shape index (κ3) is 2.55. The van der Waals surface area contributed by atoms with Crippen LogP contribution in [-0.4, -0.2) is 31.1 Å². The van der Waals surface area contributed by atoms with Crippen molar-refractivity contribution in [3.63, 3.8) is 0 Å². The molecule has 0 saturated carbocycles. The van der Waals surface area contributed by atoms with Crippen LogP contribution < -0.4 is 4.74 Å². The molecule has 1 saturated heterocycles. The summed E-state index contributed by atoms with van der Waals surface area (Å²) >= 11 is 0. The number of ether oxygens (including phenoxy) is 1. The molecule has 0 N–H and O–H groups in total. The minimum Gasteiger partial charge on any atom is -0.492 e. The Morgan fingerprint density at radius 1 is 1.32 bits per heavy atom. The lowest BCUT2D eigenvalue weighted by Crippen LogP contribution is -2.28. The summed E-state index contributed by atoms with van der Waals surface area (Å²) < 4.78 is 5.83. The number of likely N-dealkylation sites (tertiary alicyclic amines) is 1. The molecule has 1 atom stereocenters. The van der Waals surface area contributed by atoms with Crippen molar-refractivity contribution in [3.05, 3.63) is 42.0 Å².